The van der Waals surface area contributed by atoms with Crippen LogP contribution < -0.4 is 0 Å². The zero-order valence-corrected chi connectivity index (χ0v) is 5.03. The Morgan fingerprint density at radius 1 is 1.44 bits per heavy atom. The third kappa shape index (κ3) is 7.52. The Morgan fingerprint density at radius 3 is 2.00 bits per heavy atom. The zero-order valence-electron chi connectivity index (χ0n) is 5.03. The second-order valence-corrected chi connectivity index (χ2v) is 1.95. The van der Waals surface area contributed by atoms with Crippen LogP contribution >= 0.6 is 0 Å². The Labute approximate surface area is 51.3 Å². The molecule has 0 amide bonds. The van der Waals surface area contributed by atoms with Crippen LogP contribution in [0, 0.1) is 0 Å². The smallest absolute Gasteiger partial charge is 0.449 e. The van der Waals surface area contributed by atoms with Crippen LogP contribution in [0.25, 0.3) is 0 Å². The summed E-state index contributed by atoms with van der Waals surface area (Å²) < 4.78 is 34.0. The van der Waals surface area contributed by atoms with E-state index in [9.17, 15) is 17.7 Å². The molecule has 0 unspecified atom stereocenters. The number of carbonyl (C=O) groups excluding carboxylic acids is 1. The Bertz CT molecular complexity index is 109. The highest BCUT2D eigenvalue weighted by molar-refractivity contribution is 6.58. The molecule has 5 heteroatoms. The van der Waals surface area contributed by atoms with Crippen molar-refractivity contribution in [1.29, 1.82) is 0 Å². The van der Waals surface area contributed by atoms with E-state index in [2.05, 4.69) is 0 Å². The van der Waals surface area contributed by atoms with Gasteiger partial charge in [-0.15, -0.1) is 0 Å². The Hall–Kier alpha value is -0.475. The summed E-state index contributed by atoms with van der Waals surface area (Å²) in [6, 6.07) is 0. The molecule has 1 nitrogen and oxygen atoms in total. The average molecular weight is 139 g/mol. The third-order valence-electron chi connectivity index (χ3n) is 0.824. The highest BCUT2D eigenvalue weighted by atomic mass is 19.4. The molecule has 0 fully saturated rings. The van der Waals surface area contributed by atoms with Gasteiger partial charge in [0.15, 0.2) is 0 Å². The molecule has 0 heterocycles. The van der Waals surface area contributed by atoms with Gasteiger partial charge in [0, 0.05) is 0 Å². The van der Waals surface area contributed by atoms with E-state index in [-0.39, 0.29) is 6.42 Å². The van der Waals surface area contributed by atoms with Crippen molar-refractivity contribution < 1.29 is 17.7 Å². The number of carbonyl (C=O) groups is 1. The largest absolute Gasteiger partial charge is 0.478 e. The predicted octanol–water partition coefficient (Wildman–Crippen LogP) is 1.81. The van der Waals surface area contributed by atoms with E-state index in [0.29, 0.717) is 0 Å². The van der Waals surface area contributed by atoms with E-state index >= 15 is 0 Å². The minimum Gasteiger partial charge on any atom is -0.449 e. The second-order valence-electron chi connectivity index (χ2n) is 1.95. The highest BCUT2D eigenvalue weighted by Crippen LogP contribution is 2.16. The molecule has 0 spiro atoms. The average Bonchev–Trinajstić information content (AvgIpc) is 1.59. The third-order valence-corrected chi connectivity index (χ3v) is 0.824. The van der Waals surface area contributed by atoms with Gasteiger partial charge in [0.2, 0.25) is 0 Å². The van der Waals surface area contributed by atoms with Crippen LogP contribution in [-0.4, -0.2) is 12.8 Å². The van der Waals surface area contributed by atoms with Gasteiger partial charge in [-0.1, -0.05) is 6.32 Å². The Kier molecular flexibility index (Phi) is 2.74. The molecule has 0 aromatic rings. The molecule has 0 saturated carbocycles. The van der Waals surface area contributed by atoms with Crippen LogP contribution in [0.4, 0.5) is 12.9 Å². The van der Waals surface area contributed by atoms with Gasteiger partial charge in [-0.2, -0.15) is 0 Å². The van der Waals surface area contributed by atoms with Crippen molar-refractivity contribution in [1.82, 2.24) is 0 Å². The molecule has 0 N–H and O–H groups in total. The van der Waals surface area contributed by atoms with Crippen LogP contribution in [0.2, 0.25) is 6.32 Å². The lowest BCUT2D eigenvalue weighted by atomic mass is 9.84. The summed E-state index contributed by atoms with van der Waals surface area (Å²) in [4.78, 5) is 10.0. The molecule has 0 aromatic heterocycles. The summed E-state index contributed by atoms with van der Waals surface area (Å²) >= 11 is 0. The van der Waals surface area contributed by atoms with Crippen molar-refractivity contribution in [3.05, 3.63) is 0 Å². The molecule has 54 valence electrons. The SMILES string of the molecule is CC(=O)CC[B-](F)(F)F. The molecule has 9 heavy (non-hydrogen) atoms. The molecular weight excluding hydrogens is 132 g/mol. The van der Waals surface area contributed by atoms with E-state index in [1.807, 2.05) is 0 Å². The summed E-state index contributed by atoms with van der Waals surface area (Å²) in [5.41, 5.74) is 0. The van der Waals surface area contributed by atoms with E-state index < -0.39 is 19.1 Å². The monoisotopic (exact) mass is 139 g/mol. The van der Waals surface area contributed by atoms with Crippen molar-refractivity contribution in [2.75, 3.05) is 0 Å². The topological polar surface area (TPSA) is 17.1 Å². The number of hydrogen-bond donors (Lipinski definition) is 0. The number of ketones is 1. The quantitative estimate of drug-likeness (QED) is 0.544. The van der Waals surface area contributed by atoms with Crippen molar-refractivity contribution in [2.24, 2.45) is 0 Å². The molecule has 0 bridgehead atoms. The Balaban J connectivity index is 3.39. The number of halogens is 3. The molecule has 0 saturated heterocycles. The summed E-state index contributed by atoms with van der Waals surface area (Å²) in [6.45, 7) is -3.60. The van der Waals surface area contributed by atoms with Crippen molar-refractivity contribution in [3.8, 4) is 0 Å². The molecule has 0 aromatic carbocycles. The van der Waals surface area contributed by atoms with Crippen molar-refractivity contribution >= 4 is 12.8 Å². The highest BCUT2D eigenvalue weighted by Gasteiger charge is 2.22. The van der Waals surface area contributed by atoms with Crippen LogP contribution in [0.15, 0.2) is 0 Å². The Morgan fingerprint density at radius 2 is 1.89 bits per heavy atom. The lowest BCUT2D eigenvalue weighted by molar-refractivity contribution is -0.116. The molecule has 0 aliphatic carbocycles. The van der Waals surface area contributed by atoms with Gasteiger partial charge in [-0.3, -0.25) is 0 Å². The van der Waals surface area contributed by atoms with Crippen molar-refractivity contribution in [2.45, 2.75) is 19.7 Å². The first-order valence-corrected chi connectivity index (χ1v) is 2.62. The minimum atomic E-state index is -4.75. The normalized spacial score (nSPS) is 11.6. The first-order chi connectivity index (χ1) is 3.92. The van der Waals surface area contributed by atoms with Gasteiger partial charge in [0.1, 0.15) is 5.78 Å². The molecule has 0 radical (unpaired) electrons. The number of hydrogen-bond acceptors (Lipinski definition) is 1. The van der Waals surface area contributed by atoms with Crippen molar-refractivity contribution in [3.63, 3.8) is 0 Å². The van der Waals surface area contributed by atoms with Gasteiger partial charge in [-0.05, 0) is 13.3 Å². The first-order valence-electron chi connectivity index (χ1n) is 2.62. The molecule has 0 aliphatic rings. The lowest BCUT2D eigenvalue weighted by Crippen LogP contribution is -2.15. The lowest BCUT2D eigenvalue weighted by Gasteiger charge is -2.10. The van der Waals surface area contributed by atoms with Crippen LogP contribution in [0.3, 0.4) is 0 Å². The van der Waals surface area contributed by atoms with Gasteiger partial charge in [-0.25, -0.2) is 0 Å². The molecule has 0 atom stereocenters. The van der Waals surface area contributed by atoms with Crippen LogP contribution in [0.5, 0.6) is 0 Å². The van der Waals surface area contributed by atoms with Gasteiger partial charge < -0.3 is 17.7 Å². The van der Waals surface area contributed by atoms with E-state index in [4.69, 9.17) is 0 Å². The zero-order chi connectivity index (χ0) is 7.49. The van der Waals surface area contributed by atoms with Gasteiger partial charge in [0.25, 0.3) is 0 Å². The fourth-order valence-electron chi connectivity index (χ4n) is 0.367. The molecule has 0 aliphatic heterocycles. The number of rotatable bonds is 3. The molecule has 0 rings (SSSR count). The van der Waals surface area contributed by atoms with E-state index in [0.717, 1.165) is 6.92 Å². The fourth-order valence-corrected chi connectivity index (χ4v) is 0.367. The summed E-state index contributed by atoms with van der Waals surface area (Å²) in [7, 11) is 0. The first kappa shape index (κ1) is 8.52. The molecular formula is C4H7BF3O-. The van der Waals surface area contributed by atoms with Crippen LogP contribution in [0.1, 0.15) is 13.3 Å². The summed E-state index contributed by atoms with van der Waals surface area (Å²) in [5, 5.41) is 0. The van der Waals surface area contributed by atoms with Gasteiger partial charge >= 0.3 is 6.98 Å². The van der Waals surface area contributed by atoms with E-state index in [1.165, 1.54) is 0 Å². The second kappa shape index (κ2) is 2.89. The maximum Gasteiger partial charge on any atom is 0.478 e. The summed E-state index contributed by atoms with van der Waals surface area (Å²) in [5.74, 6) is -0.408. The van der Waals surface area contributed by atoms with E-state index in [1.54, 1.807) is 0 Å². The maximum atomic E-state index is 11.3. The van der Waals surface area contributed by atoms with Crippen LogP contribution in [-0.2, 0) is 4.79 Å². The minimum absolute atomic E-state index is 0.372. The predicted molar refractivity (Wildman–Crippen MR) is 29.2 cm³/mol. The standard InChI is InChI=1S/C4H7BF3O/c1-4(9)2-3-5(6,7)8/h2-3H2,1H3/q-1. The summed E-state index contributed by atoms with van der Waals surface area (Å²) in [6.07, 6.45) is -1.31. The fraction of sp³-hybridized carbons (Fsp3) is 0.750. The number of Topliss-reactive ketones (excluding diaryl/α,β-unsaturated/α-hetero) is 1. The van der Waals surface area contributed by atoms with Gasteiger partial charge in [0.05, 0.1) is 0 Å². The maximum absolute atomic E-state index is 11.3.